The van der Waals surface area contributed by atoms with E-state index in [9.17, 15) is 19.1 Å². The Labute approximate surface area is 180 Å². The smallest absolute Gasteiger partial charge is 0.335 e. The van der Waals surface area contributed by atoms with Crippen LogP contribution < -0.4 is 4.90 Å². The number of para-hydroxylation sites is 1. The number of hydrogen-bond acceptors (Lipinski definition) is 5. The van der Waals surface area contributed by atoms with E-state index in [1.807, 2.05) is 6.92 Å². The summed E-state index contributed by atoms with van der Waals surface area (Å²) in [7, 11) is 0. The average molecular weight is 439 g/mol. The zero-order valence-corrected chi connectivity index (χ0v) is 17.2. The predicted octanol–water partition coefficient (Wildman–Crippen LogP) is 5.50. The van der Waals surface area contributed by atoms with Gasteiger partial charge in [-0.25, -0.2) is 9.18 Å². The van der Waals surface area contributed by atoms with E-state index in [1.165, 1.54) is 30.3 Å². The number of thioether (sulfide) groups is 1. The number of hydrogen-bond donors (Lipinski definition) is 1. The molecule has 3 aromatic rings. The van der Waals surface area contributed by atoms with Gasteiger partial charge in [0.2, 0.25) is 0 Å². The first kappa shape index (κ1) is 20.1. The van der Waals surface area contributed by atoms with Crippen LogP contribution >= 0.6 is 24.0 Å². The number of aryl methyl sites for hydroxylation is 1. The van der Waals surface area contributed by atoms with E-state index in [2.05, 4.69) is 0 Å². The lowest BCUT2D eigenvalue weighted by molar-refractivity contribution is -0.113. The van der Waals surface area contributed by atoms with Gasteiger partial charge in [-0.05, 0) is 48.9 Å². The molecule has 1 amide bonds. The van der Waals surface area contributed by atoms with Crippen LogP contribution in [-0.4, -0.2) is 21.3 Å². The van der Waals surface area contributed by atoms with E-state index < -0.39 is 17.7 Å². The summed E-state index contributed by atoms with van der Waals surface area (Å²) in [5, 5.41) is 9.21. The first-order chi connectivity index (χ1) is 14.3. The van der Waals surface area contributed by atoms with Gasteiger partial charge >= 0.3 is 5.97 Å². The van der Waals surface area contributed by atoms with Crippen molar-refractivity contribution < 1.29 is 23.5 Å². The standard InChI is InChI=1S/C22H14FNO4S2/c1-12-6-7-13(21(26)27)10-15(12)18-9-8-14(28-18)11-19-20(25)24(22(29)30-19)17-5-3-2-4-16(17)23/h2-11H,1H3,(H,26,27)/b19-11+. The fourth-order valence-corrected chi connectivity index (χ4v) is 4.30. The number of halogens is 1. The Bertz CT molecular complexity index is 1230. The number of carboxylic acid groups (broad SMARTS) is 1. The van der Waals surface area contributed by atoms with Gasteiger partial charge < -0.3 is 9.52 Å². The third-order valence-electron chi connectivity index (χ3n) is 4.54. The Balaban J connectivity index is 1.65. The number of amides is 1. The highest BCUT2D eigenvalue weighted by molar-refractivity contribution is 8.27. The molecule has 0 atom stereocenters. The van der Waals surface area contributed by atoms with E-state index in [0.29, 0.717) is 22.0 Å². The zero-order chi connectivity index (χ0) is 21.4. The molecule has 1 aliphatic heterocycles. The van der Waals surface area contributed by atoms with Crippen LogP contribution in [0.15, 0.2) is 63.9 Å². The van der Waals surface area contributed by atoms with Crippen molar-refractivity contribution >= 4 is 51.9 Å². The number of nitrogens with zero attached hydrogens (tertiary/aromatic N) is 1. The maximum atomic E-state index is 14.1. The summed E-state index contributed by atoms with van der Waals surface area (Å²) < 4.78 is 20.2. The van der Waals surface area contributed by atoms with E-state index in [-0.39, 0.29) is 15.6 Å². The number of anilines is 1. The Morgan fingerprint density at radius 2 is 1.97 bits per heavy atom. The number of carbonyl (C=O) groups is 2. The fourth-order valence-electron chi connectivity index (χ4n) is 3.03. The van der Waals surface area contributed by atoms with Gasteiger partial charge in [-0.1, -0.05) is 42.2 Å². The molecule has 0 saturated carbocycles. The average Bonchev–Trinajstić information content (AvgIpc) is 3.27. The minimum absolute atomic E-state index is 0.102. The number of carboxylic acids is 1. The third-order valence-corrected chi connectivity index (χ3v) is 5.84. The molecule has 0 unspecified atom stereocenters. The van der Waals surface area contributed by atoms with Gasteiger partial charge in [0.1, 0.15) is 17.3 Å². The van der Waals surface area contributed by atoms with Crippen LogP contribution in [0.25, 0.3) is 17.4 Å². The molecule has 1 aliphatic rings. The normalized spacial score (nSPS) is 15.3. The quantitative estimate of drug-likeness (QED) is 0.428. The minimum atomic E-state index is -1.03. The summed E-state index contributed by atoms with van der Waals surface area (Å²) in [6.07, 6.45) is 1.54. The van der Waals surface area contributed by atoms with Crippen molar-refractivity contribution in [3.8, 4) is 11.3 Å². The Kier molecular flexibility index (Phi) is 5.27. The highest BCUT2D eigenvalue weighted by atomic mass is 32.2. The van der Waals surface area contributed by atoms with Gasteiger partial charge in [-0.3, -0.25) is 9.69 Å². The van der Waals surface area contributed by atoms with Gasteiger partial charge in [-0.15, -0.1) is 0 Å². The molecule has 0 spiro atoms. The molecule has 30 heavy (non-hydrogen) atoms. The SMILES string of the molecule is Cc1ccc(C(=O)O)cc1-c1ccc(/C=C2/SC(=S)N(c3ccccc3F)C2=O)o1. The second kappa shape index (κ2) is 7.89. The molecule has 1 aromatic heterocycles. The van der Waals surface area contributed by atoms with Crippen molar-refractivity contribution in [1.29, 1.82) is 0 Å². The number of aromatic carboxylic acids is 1. The minimum Gasteiger partial charge on any atom is -0.478 e. The first-order valence-electron chi connectivity index (χ1n) is 8.82. The largest absolute Gasteiger partial charge is 0.478 e. The maximum absolute atomic E-state index is 14.1. The monoisotopic (exact) mass is 439 g/mol. The molecule has 8 heteroatoms. The molecule has 0 radical (unpaired) electrons. The number of thiocarbonyl (C=S) groups is 1. The summed E-state index contributed by atoms with van der Waals surface area (Å²) in [5.74, 6) is -1.12. The molecule has 150 valence electrons. The molecular weight excluding hydrogens is 425 g/mol. The molecule has 1 fully saturated rings. The van der Waals surface area contributed by atoms with Crippen molar-refractivity contribution in [3.05, 3.63) is 82.2 Å². The summed E-state index contributed by atoms with van der Waals surface area (Å²) in [6.45, 7) is 1.85. The van der Waals surface area contributed by atoms with Gasteiger partial charge in [-0.2, -0.15) is 0 Å². The topological polar surface area (TPSA) is 70.8 Å². The first-order valence-corrected chi connectivity index (χ1v) is 10.0. The molecule has 0 bridgehead atoms. The van der Waals surface area contributed by atoms with Crippen molar-refractivity contribution in [2.24, 2.45) is 0 Å². The van der Waals surface area contributed by atoms with Crippen molar-refractivity contribution in [1.82, 2.24) is 0 Å². The maximum Gasteiger partial charge on any atom is 0.335 e. The fraction of sp³-hybridized carbons (Fsp3) is 0.0455. The lowest BCUT2D eigenvalue weighted by Gasteiger charge is -2.14. The Morgan fingerprint density at radius 1 is 1.20 bits per heavy atom. The summed E-state index contributed by atoms with van der Waals surface area (Å²) in [5.41, 5.74) is 1.75. The van der Waals surface area contributed by atoms with Crippen molar-refractivity contribution in [3.63, 3.8) is 0 Å². The number of carbonyl (C=O) groups excluding carboxylic acids is 1. The van der Waals surface area contributed by atoms with E-state index >= 15 is 0 Å². The molecular formula is C22H14FNO4S2. The predicted molar refractivity (Wildman–Crippen MR) is 118 cm³/mol. The van der Waals surface area contributed by atoms with Gasteiger partial charge in [0.15, 0.2) is 4.32 Å². The molecule has 1 saturated heterocycles. The van der Waals surface area contributed by atoms with Crippen LogP contribution in [0.3, 0.4) is 0 Å². The van der Waals surface area contributed by atoms with Crippen LogP contribution in [0.4, 0.5) is 10.1 Å². The summed E-state index contributed by atoms with van der Waals surface area (Å²) in [4.78, 5) is 25.5. The van der Waals surface area contributed by atoms with Crippen LogP contribution in [0.2, 0.25) is 0 Å². The summed E-state index contributed by atoms with van der Waals surface area (Å²) >= 11 is 6.32. The Hall–Kier alpha value is -3.23. The van der Waals surface area contributed by atoms with E-state index in [4.69, 9.17) is 16.6 Å². The molecule has 2 heterocycles. The summed E-state index contributed by atoms with van der Waals surface area (Å²) in [6, 6.07) is 14.1. The van der Waals surface area contributed by atoms with E-state index in [0.717, 1.165) is 22.2 Å². The molecule has 4 rings (SSSR count). The molecule has 2 aromatic carbocycles. The highest BCUT2D eigenvalue weighted by Crippen LogP contribution is 2.37. The zero-order valence-electron chi connectivity index (χ0n) is 15.6. The number of rotatable bonds is 4. The Morgan fingerprint density at radius 3 is 2.70 bits per heavy atom. The van der Waals surface area contributed by atoms with E-state index in [1.54, 1.807) is 30.3 Å². The van der Waals surface area contributed by atoms with Crippen LogP contribution in [-0.2, 0) is 4.79 Å². The third kappa shape index (κ3) is 3.67. The van der Waals surface area contributed by atoms with Gasteiger partial charge in [0, 0.05) is 11.6 Å². The highest BCUT2D eigenvalue weighted by Gasteiger charge is 2.35. The molecule has 1 N–H and O–H groups in total. The van der Waals surface area contributed by atoms with Crippen LogP contribution in [0, 0.1) is 12.7 Å². The lowest BCUT2D eigenvalue weighted by atomic mass is 10.0. The lowest BCUT2D eigenvalue weighted by Crippen LogP contribution is -2.28. The van der Waals surface area contributed by atoms with Crippen LogP contribution in [0.1, 0.15) is 21.7 Å². The van der Waals surface area contributed by atoms with Crippen molar-refractivity contribution in [2.45, 2.75) is 6.92 Å². The molecule has 5 nitrogen and oxygen atoms in total. The van der Waals surface area contributed by atoms with Gasteiger partial charge in [0.05, 0.1) is 16.2 Å². The second-order valence-electron chi connectivity index (χ2n) is 6.51. The number of benzene rings is 2. The molecule has 0 aliphatic carbocycles. The van der Waals surface area contributed by atoms with Crippen LogP contribution in [0.5, 0.6) is 0 Å². The second-order valence-corrected chi connectivity index (χ2v) is 8.18. The number of furan rings is 1. The van der Waals surface area contributed by atoms with Crippen molar-refractivity contribution in [2.75, 3.05) is 4.90 Å². The van der Waals surface area contributed by atoms with Gasteiger partial charge in [0.25, 0.3) is 5.91 Å².